The molecule has 2 heterocycles. The van der Waals surface area contributed by atoms with E-state index in [0.717, 1.165) is 35.6 Å². The summed E-state index contributed by atoms with van der Waals surface area (Å²) in [6.07, 6.45) is 3.61. The van der Waals surface area contributed by atoms with Crippen LogP contribution < -0.4 is 10.6 Å². The molecule has 2 aromatic heterocycles. The molecule has 3 rings (SSSR count). The van der Waals surface area contributed by atoms with Crippen molar-refractivity contribution >= 4 is 34.6 Å². The van der Waals surface area contributed by atoms with Crippen LogP contribution in [-0.2, 0) is 4.79 Å². The molecule has 0 aliphatic rings. The number of nitrogens with zero attached hydrogens (tertiary/aromatic N) is 3. The Morgan fingerprint density at radius 1 is 1.00 bits per heavy atom. The Hall–Kier alpha value is -2.77. The van der Waals surface area contributed by atoms with Crippen molar-refractivity contribution in [2.75, 3.05) is 30.3 Å². The quantitative estimate of drug-likeness (QED) is 0.611. The van der Waals surface area contributed by atoms with Crippen LogP contribution in [0.2, 0.25) is 0 Å². The predicted molar refractivity (Wildman–Crippen MR) is 111 cm³/mol. The molecule has 3 aromatic rings. The highest BCUT2D eigenvalue weighted by Gasteiger charge is 2.07. The smallest absolute Gasteiger partial charge is 0.238 e. The van der Waals surface area contributed by atoms with Gasteiger partial charge in [-0.2, -0.15) is 11.3 Å². The molecule has 0 radical (unpaired) electrons. The first-order valence-electron chi connectivity index (χ1n) is 8.91. The van der Waals surface area contributed by atoms with Gasteiger partial charge in [0.05, 0.1) is 6.54 Å². The van der Waals surface area contributed by atoms with Gasteiger partial charge >= 0.3 is 0 Å². The SMILES string of the molecule is CCN(CC)CC(=O)Nc1ccc(Nc2ncc(-c3ccsc3)cn2)cc1. The zero-order chi connectivity index (χ0) is 19.1. The van der Waals surface area contributed by atoms with Crippen LogP contribution in [0.4, 0.5) is 17.3 Å². The van der Waals surface area contributed by atoms with Crippen LogP contribution >= 0.6 is 11.3 Å². The molecule has 0 bridgehead atoms. The maximum atomic E-state index is 12.1. The summed E-state index contributed by atoms with van der Waals surface area (Å²) in [5.74, 6) is 0.527. The van der Waals surface area contributed by atoms with Gasteiger partial charge in [0.15, 0.2) is 0 Å². The highest BCUT2D eigenvalue weighted by Crippen LogP contribution is 2.22. The third kappa shape index (κ3) is 5.35. The summed E-state index contributed by atoms with van der Waals surface area (Å²) in [5, 5.41) is 10.2. The highest BCUT2D eigenvalue weighted by molar-refractivity contribution is 7.08. The van der Waals surface area contributed by atoms with Crippen molar-refractivity contribution in [3.05, 3.63) is 53.5 Å². The number of likely N-dealkylation sites (N-methyl/N-ethyl adjacent to an activating group) is 1. The summed E-state index contributed by atoms with van der Waals surface area (Å²) in [6.45, 7) is 6.21. The van der Waals surface area contributed by atoms with Crippen molar-refractivity contribution in [2.45, 2.75) is 13.8 Å². The largest absolute Gasteiger partial charge is 0.325 e. The van der Waals surface area contributed by atoms with Gasteiger partial charge in [-0.1, -0.05) is 13.8 Å². The van der Waals surface area contributed by atoms with Crippen molar-refractivity contribution < 1.29 is 4.79 Å². The summed E-state index contributed by atoms with van der Waals surface area (Å²) in [6, 6.07) is 9.56. The lowest BCUT2D eigenvalue weighted by Gasteiger charge is -2.17. The number of hydrogen-bond acceptors (Lipinski definition) is 6. The minimum atomic E-state index is -0.00763. The summed E-state index contributed by atoms with van der Waals surface area (Å²) in [4.78, 5) is 22.8. The second-order valence-corrected chi connectivity index (χ2v) is 6.80. The van der Waals surface area contributed by atoms with E-state index >= 15 is 0 Å². The number of benzene rings is 1. The Morgan fingerprint density at radius 2 is 1.67 bits per heavy atom. The van der Waals surface area contributed by atoms with Gasteiger partial charge < -0.3 is 10.6 Å². The molecule has 6 nitrogen and oxygen atoms in total. The number of carbonyl (C=O) groups is 1. The van der Waals surface area contributed by atoms with Crippen LogP contribution in [0.3, 0.4) is 0 Å². The van der Waals surface area contributed by atoms with E-state index in [-0.39, 0.29) is 5.91 Å². The van der Waals surface area contributed by atoms with Crippen molar-refractivity contribution in [1.82, 2.24) is 14.9 Å². The third-order valence-electron chi connectivity index (χ3n) is 4.19. The Bertz CT molecular complexity index is 843. The van der Waals surface area contributed by atoms with Gasteiger partial charge in [0.1, 0.15) is 0 Å². The molecule has 0 atom stereocenters. The summed E-state index contributed by atoms with van der Waals surface area (Å²) in [5.41, 5.74) is 3.75. The average molecular weight is 382 g/mol. The van der Waals surface area contributed by atoms with Gasteiger partial charge in [0, 0.05) is 29.3 Å². The number of aromatic nitrogens is 2. The van der Waals surface area contributed by atoms with Crippen molar-refractivity contribution in [3.63, 3.8) is 0 Å². The van der Waals surface area contributed by atoms with Gasteiger partial charge in [-0.05, 0) is 59.7 Å². The number of anilines is 3. The third-order valence-corrected chi connectivity index (χ3v) is 4.88. The zero-order valence-corrected chi connectivity index (χ0v) is 16.3. The molecule has 0 fully saturated rings. The molecule has 27 heavy (non-hydrogen) atoms. The van der Waals surface area contributed by atoms with Crippen LogP contribution in [0, 0.1) is 0 Å². The fourth-order valence-electron chi connectivity index (χ4n) is 2.59. The van der Waals surface area contributed by atoms with Gasteiger partial charge in [-0.3, -0.25) is 9.69 Å². The fourth-order valence-corrected chi connectivity index (χ4v) is 3.25. The number of carbonyl (C=O) groups excluding carboxylic acids is 1. The first kappa shape index (κ1) is 19.0. The van der Waals surface area contributed by atoms with Crippen molar-refractivity contribution in [1.29, 1.82) is 0 Å². The Balaban J connectivity index is 1.56. The zero-order valence-electron chi connectivity index (χ0n) is 15.5. The molecule has 7 heteroatoms. The fraction of sp³-hybridized carbons (Fsp3) is 0.250. The van der Waals surface area contributed by atoms with Crippen molar-refractivity contribution in [2.24, 2.45) is 0 Å². The molecule has 0 spiro atoms. The van der Waals surface area contributed by atoms with E-state index in [1.807, 2.05) is 49.6 Å². The number of nitrogens with one attached hydrogen (secondary N) is 2. The lowest BCUT2D eigenvalue weighted by Crippen LogP contribution is -2.32. The van der Waals surface area contributed by atoms with E-state index in [1.54, 1.807) is 23.7 Å². The lowest BCUT2D eigenvalue weighted by molar-refractivity contribution is -0.117. The van der Waals surface area contributed by atoms with Crippen LogP contribution in [0.5, 0.6) is 0 Å². The summed E-state index contributed by atoms with van der Waals surface area (Å²) in [7, 11) is 0. The topological polar surface area (TPSA) is 70.2 Å². The first-order valence-corrected chi connectivity index (χ1v) is 9.86. The molecular formula is C20H23N5OS. The number of hydrogen-bond donors (Lipinski definition) is 2. The van der Waals surface area contributed by atoms with E-state index in [9.17, 15) is 4.79 Å². The minimum Gasteiger partial charge on any atom is -0.325 e. The van der Waals surface area contributed by atoms with Gasteiger partial charge in [0.25, 0.3) is 0 Å². The van der Waals surface area contributed by atoms with E-state index in [2.05, 4.69) is 30.9 Å². The van der Waals surface area contributed by atoms with Crippen LogP contribution in [-0.4, -0.2) is 40.4 Å². The van der Waals surface area contributed by atoms with Crippen molar-refractivity contribution in [3.8, 4) is 11.1 Å². The molecule has 0 saturated heterocycles. The highest BCUT2D eigenvalue weighted by atomic mass is 32.1. The molecular weight excluding hydrogens is 358 g/mol. The van der Waals surface area contributed by atoms with Gasteiger partial charge in [0.2, 0.25) is 11.9 Å². The molecule has 0 unspecified atom stereocenters. The second kappa shape index (κ2) is 9.25. The van der Waals surface area contributed by atoms with Gasteiger partial charge in [-0.15, -0.1) is 0 Å². The Morgan fingerprint density at radius 3 is 2.26 bits per heavy atom. The molecule has 1 amide bonds. The molecule has 0 saturated carbocycles. The lowest BCUT2D eigenvalue weighted by atomic mass is 10.2. The molecule has 1 aromatic carbocycles. The molecule has 0 aliphatic heterocycles. The standard InChI is InChI=1S/C20H23N5OS/c1-3-25(4-2)13-19(26)23-17-5-7-18(8-6-17)24-20-21-11-16(12-22-20)15-9-10-27-14-15/h5-12,14H,3-4,13H2,1-2H3,(H,23,26)(H,21,22,24). The molecule has 140 valence electrons. The monoisotopic (exact) mass is 381 g/mol. The number of thiophene rings is 1. The average Bonchev–Trinajstić information content (AvgIpc) is 3.23. The number of amides is 1. The van der Waals surface area contributed by atoms with Gasteiger partial charge in [-0.25, -0.2) is 9.97 Å². The van der Waals surface area contributed by atoms with E-state index in [1.165, 1.54) is 0 Å². The molecule has 2 N–H and O–H groups in total. The predicted octanol–water partition coefficient (Wildman–Crippen LogP) is 4.23. The number of rotatable bonds is 8. The van der Waals surface area contributed by atoms with E-state index in [4.69, 9.17) is 0 Å². The maximum absolute atomic E-state index is 12.1. The Kier molecular flexibility index (Phi) is 6.51. The van der Waals surface area contributed by atoms with Crippen LogP contribution in [0.25, 0.3) is 11.1 Å². The van der Waals surface area contributed by atoms with E-state index in [0.29, 0.717) is 12.5 Å². The van der Waals surface area contributed by atoms with E-state index < -0.39 is 0 Å². The maximum Gasteiger partial charge on any atom is 0.238 e. The summed E-state index contributed by atoms with van der Waals surface area (Å²) >= 11 is 1.65. The minimum absolute atomic E-state index is 0.00763. The van der Waals surface area contributed by atoms with Crippen LogP contribution in [0.15, 0.2) is 53.5 Å². The summed E-state index contributed by atoms with van der Waals surface area (Å²) < 4.78 is 0. The molecule has 0 aliphatic carbocycles. The Labute approximate surface area is 163 Å². The first-order chi connectivity index (χ1) is 13.2. The second-order valence-electron chi connectivity index (χ2n) is 6.02. The van der Waals surface area contributed by atoms with Crippen LogP contribution in [0.1, 0.15) is 13.8 Å². The normalized spacial score (nSPS) is 10.8.